The third-order valence-electron chi connectivity index (χ3n) is 14.3. The molecule has 0 unspecified atom stereocenters. The Morgan fingerprint density at radius 2 is 1.78 bits per heavy atom. The molecule has 2 saturated heterocycles. The SMILES string of the molecule is CC(C)[C@@]1(O)[C@@H](OC(=O)c2ccc[nH]2)[C@@]2(O)[C@@]3(C)C[C@]4(O)O[C@@]5([C@H](OC(=O)CCNC(=O)CCNC(=O)c6cc([125I])c(N=[N+]=[N-])cc6O)[C@@H](C)CC[C@]35O)[C@@]2(O)[C@@]14C. The van der Waals surface area contributed by atoms with Gasteiger partial charge in [-0.05, 0) is 84.0 Å². The molecule has 58 heavy (non-hydrogen) atoms. The number of aromatic amines is 1. The highest BCUT2D eigenvalue weighted by atomic mass is 125. The number of nitrogens with zero attached hydrogens (tertiary/aromatic N) is 3. The Kier molecular flexibility index (Phi) is 9.80. The highest BCUT2D eigenvalue weighted by Gasteiger charge is 3.10. The smallest absolute Gasteiger partial charge is 0.355 e. The number of hydrogen-bond donors (Lipinski definition) is 9. The van der Waals surface area contributed by atoms with Crippen molar-refractivity contribution in [2.24, 2.45) is 27.8 Å². The molecule has 3 heterocycles. The fourth-order valence-electron chi connectivity index (χ4n) is 11.6. The number of benzene rings is 1. The van der Waals surface area contributed by atoms with Crippen LogP contribution in [0.15, 0.2) is 35.6 Å². The van der Waals surface area contributed by atoms with Crippen LogP contribution in [0.1, 0.15) is 87.6 Å². The average molecular weight is 921 g/mol. The van der Waals surface area contributed by atoms with Crippen molar-refractivity contribution in [2.45, 2.75) is 113 Å². The van der Waals surface area contributed by atoms with Crippen molar-refractivity contribution in [1.82, 2.24) is 15.6 Å². The van der Waals surface area contributed by atoms with E-state index in [1.165, 1.54) is 32.2 Å². The highest BCUT2D eigenvalue weighted by Crippen LogP contribution is 2.90. The molecular formula is C38H47IN6O13. The van der Waals surface area contributed by atoms with Gasteiger partial charge >= 0.3 is 11.9 Å². The molecule has 4 aliphatic carbocycles. The van der Waals surface area contributed by atoms with E-state index < -0.39 is 111 Å². The van der Waals surface area contributed by atoms with Gasteiger partial charge in [0.15, 0.2) is 17.5 Å². The summed E-state index contributed by atoms with van der Waals surface area (Å²) in [6, 6.07) is 5.45. The summed E-state index contributed by atoms with van der Waals surface area (Å²) in [4.78, 5) is 57.9. The molecule has 2 aliphatic heterocycles. The lowest BCUT2D eigenvalue weighted by Gasteiger charge is -2.61. The molecule has 9 N–H and O–H groups in total. The predicted octanol–water partition coefficient (Wildman–Crippen LogP) is 1.94. The van der Waals surface area contributed by atoms with Crippen LogP contribution in [0.25, 0.3) is 10.4 Å². The molecule has 6 bridgehead atoms. The maximum absolute atomic E-state index is 13.6. The zero-order chi connectivity index (χ0) is 42.6. The normalized spacial score (nSPS) is 40.2. The molecule has 20 heteroatoms. The molecule has 11 atom stereocenters. The number of aromatic nitrogens is 1. The lowest BCUT2D eigenvalue weighted by molar-refractivity contribution is -0.390. The van der Waals surface area contributed by atoms with Crippen molar-refractivity contribution in [3.05, 3.63) is 55.7 Å². The Labute approximate surface area is 345 Å². The molecule has 1 aromatic heterocycles. The van der Waals surface area contributed by atoms with Crippen LogP contribution in [-0.2, 0) is 23.8 Å². The fourth-order valence-corrected chi connectivity index (χ4v) is 12.1. The number of phenols is 1. The fraction of sp³-hybridized carbons (Fsp3) is 0.632. The first-order valence-electron chi connectivity index (χ1n) is 19.0. The molecular weight excluding hydrogens is 873 g/mol. The van der Waals surface area contributed by atoms with Crippen molar-refractivity contribution >= 4 is 52.0 Å². The predicted molar refractivity (Wildman–Crippen MR) is 207 cm³/mol. The quantitative estimate of drug-likeness (QED) is 0.0484. The molecule has 2 amide bonds. The number of nitrogens with one attached hydrogen (secondary N) is 3. The van der Waals surface area contributed by atoms with Gasteiger partial charge in [-0.2, -0.15) is 0 Å². The van der Waals surface area contributed by atoms with E-state index in [2.05, 4.69) is 25.6 Å². The lowest BCUT2D eigenvalue weighted by Crippen LogP contribution is -2.75. The third-order valence-corrected chi connectivity index (χ3v) is 15.1. The molecule has 314 valence electrons. The van der Waals surface area contributed by atoms with Gasteiger partial charge in [0.05, 0.1) is 23.1 Å². The largest absolute Gasteiger partial charge is 0.507 e. The van der Waals surface area contributed by atoms with Gasteiger partial charge in [0, 0.05) is 46.0 Å². The maximum atomic E-state index is 13.6. The molecule has 0 radical (unpaired) electrons. The molecule has 8 rings (SSSR count). The summed E-state index contributed by atoms with van der Waals surface area (Å²) in [5.41, 5.74) is -8.00. The number of phenolic OH excluding ortho intramolecular Hbond substituents is 1. The van der Waals surface area contributed by atoms with Crippen LogP contribution in [-0.4, -0.2) is 118 Å². The Balaban J connectivity index is 1.10. The van der Waals surface area contributed by atoms with Crippen LogP contribution in [0.2, 0.25) is 0 Å². The summed E-state index contributed by atoms with van der Waals surface area (Å²) in [6.07, 6.45) is -2.91. The van der Waals surface area contributed by atoms with Crippen LogP contribution in [0, 0.1) is 26.2 Å². The van der Waals surface area contributed by atoms with Crippen molar-refractivity contribution in [3.63, 3.8) is 0 Å². The second kappa shape index (κ2) is 13.5. The van der Waals surface area contributed by atoms with E-state index in [9.17, 15) is 49.8 Å². The van der Waals surface area contributed by atoms with Gasteiger partial charge < -0.3 is 60.5 Å². The van der Waals surface area contributed by atoms with Crippen LogP contribution in [0.4, 0.5) is 5.69 Å². The van der Waals surface area contributed by atoms with Crippen LogP contribution in [0.5, 0.6) is 5.75 Å². The lowest BCUT2D eigenvalue weighted by atomic mass is 9.52. The zero-order valence-corrected chi connectivity index (χ0v) is 34.6. The van der Waals surface area contributed by atoms with Crippen LogP contribution < -0.4 is 10.6 Å². The number of azide groups is 1. The van der Waals surface area contributed by atoms with E-state index in [1.807, 2.05) is 22.6 Å². The minimum atomic E-state index is -2.80. The van der Waals surface area contributed by atoms with E-state index in [0.717, 1.165) is 6.07 Å². The second-order valence-corrected chi connectivity index (χ2v) is 18.1. The van der Waals surface area contributed by atoms with Crippen molar-refractivity contribution in [1.29, 1.82) is 0 Å². The number of aromatic hydroxyl groups is 1. The van der Waals surface area contributed by atoms with Gasteiger partial charge in [0.1, 0.15) is 40.0 Å². The summed E-state index contributed by atoms with van der Waals surface area (Å²) in [5, 5.41) is 83.9. The van der Waals surface area contributed by atoms with E-state index >= 15 is 0 Å². The first-order chi connectivity index (χ1) is 27.0. The molecule has 2 aromatic rings. The summed E-state index contributed by atoms with van der Waals surface area (Å²) in [6.45, 7) is 7.29. The Morgan fingerprint density at radius 1 is 1.09 bits per heavy atom. The Hall–Kier alpha value is -4.02. The topological polar surface area (TPSA) is 306 Å². The summed E-state index contributed by atoms with van der Waals surface area (Å²) in [7, 11) is 0. The van der Waals surface area contributed by atoms with Gasteiger partial charge in [0.25, 0.3) is 5.91 Å². The van der Waals surface area contributed by atoms with Gasteiger partial charge in [-0.1, -0.05) is 32.8 Å². The molecule has 19 nitrogen and oxygen atoms in total. The monoisotopic (exact) mass is 920 g/mol. The maximum Gasteiger partial charge on any atom is 0.355 e. The van der Waals surface area contributed by atoms with Gasteiger partial charge in [-0.3, -0.25) is 14.4 Å². The minimum Gasteiger partial charge on any atom is -0.507 e. The number of carbonyl (C=O) groups excluding carboxylic acids is 4. The molecule has 6 aliphatic rings. The number of halogens is 1. The summed E-state index contributed by atoms with van der Waals surface area (Å²) < 4.78 is 19.0. The van der Waals surface area contributed by atoms with Crippen molar-refractivity contribution < 1.29 is 64.0 Å². The molecule has 1 aromatic carbocycles. The zero-order valence-electron chi connectivity index (χ0n) is 32.4. The van der Waals surface area contributed by atoms with Gasteiger partial charge in [-0.15, -0.1) is 0 Å². The van der Waals surface area contributed by atoms with Crippen LogP contribution >= 0.6 is 22.6 Å². The number of esters is 2. The van der Waals surface area contributed by atoms with Crippen molar-refractivity contribution in [2.75, 3.05) is 13.1 Å². The van der Waals surface area contributed by atoms with Crippen LogP contribution in [0.3, 0.4) is 0 Å². The van der Waals surface area contributed by atoms with E-state index in [1.54, 1.807) is 26.8 Å². The van der Waals surface area contributed by atoms with Gasteiger partial charge in [0.2, 0.25) is 5.91 Å². The molecule has 1 spiro atoms. The Bertz CT molecular complexity index is 2140. The van der Waals surface area contributed by atoms with E-state index in [0.29, 0.717) is 3.57 Å². The Morgan fingerprint density at radius 3 is 2.41 bits per heavy atom. The number of aliphatic hydroxyl groups is 5. The standard InChI is InChI=1S/C38H47IN6O13/c1-18(2)35(53)30(57-29(50)22-7-6-12-41-22)36(54)31(4)17-34(52)32(35,5)38(36,55)37(58-34)27(19(3)8-11-33(31,37)51)56-26(48)10-14-42-25(47)9-13-43-28(49)20-15-21(39)23(44-45-40)16-24(20)46/h6-7,12,15-16,18-19,27,30,41,46,51-55H,8-11,13-14,17H2,1-5H3,(H,42,47)(H,43,49)/t19-,27+,30+,31-,32+,33-,34-,35+,36+,37+,38+/m0/s1/i39-2. The first-order valence-corrected chi connectivity index (χ1v) is 20.1. The molecule has 6 fully saturated rings. The summed E-state index contributed by atoms with van der Waals surface area (Å²) >= 11 is 1.84. The van der Waals surface area contributed by atoms with E-state index in [4.69, 9.17) is 19.7 Å². The number of amides is 2. The number of H-pyrrole nitrogens is 1. The summed E-state index contributed by atoms with van der Waals surface area (Å²) in [5.74, 6) is -7.47. The second-order valence-electron chi connectivity index (χ2n) is 17.0. The third kappa shape index (κ3) is 4.79. The highest BCUT2D eigenvalue weighted by molar-refractivity contribution is 14.1. The number of carbonyl (C=O) groups is 4. The number of ether oxygens (including phenoxy) is 3. The number of hydrogen-bond acceptors (Lipinski definition) is 14. The average Bonchev–Trinajstić information content (AvgIpc) is 3.78. The van der Waals surface area contributed by atoms with E-state index in [-0.39, 0.29) is 49.3 Å². The van der Waals surface area contributed by atoms with Gasteiger partial charge in [-0.25, -0.2) is 4.79 Å². The first kappa shape index (κ1) is 42.1. The minimum absolute atomic E-state index is 0.0113. The number of rotatable bonds is 12. The van der Waals surface area contributed by atoms with Crippen molar-refractivity contribution in [3.8, 4) is 5.75 Å². The molecule has 4 saturated carbocycles.